The van der Waals surface area contributed by atoms with Crippen LogP contribution in [0.2, 0.25) is 0 Å². The molecule has 0 atom stereocenters. The maximum absolute atomic E-state index is 12.5. The third-order valence-corrected chi connectivity index (χ3v) is 4.57. The van der Waals surface area contributed by atoms with Gasteiger partial charge in [0.2, 0.25) is 5.91 Å². The Labute approximate surface area is 167 Å². The van der Waals surface area contributed by atoms with E-state index < -0.39 is 11.9 Å². The number of para-hydroxylation sites is 1. The number of halogens is 1. The van der Waals surface area contributed by atoms with E-state index in [-0.39, 0.29) is 35.5 Å². The molecule has 0 saturated heterocycles. The lowest BCUT2D eigenvalue weighted by Gasteiger charge is -2.11. The number of methoxy groups -OCH3 is 1. The van der Waals surface area contributed by atoms with Crippen molar-refractivity contribution in [2.24, 2.45) is 0 Å². The lowest BCUT2D eigenvalue weighted by atomic mass is 10.1. The average Bonchev–Trinajstić information content (AvgIpc) is 2.69. The van der Waals surface area contributed by atoms with E-state index in [0.29, 0.717) is 10.9 Å². The van der Waals surface area contributed by atoms with Crippen molar-refractivity contribution in [2.45, 2.75) is 13.0 Å². The van der Waals surface area contributed by atoms with Gasteiger partial charge in [-0.05, 0) is 30.3 Å². The molecule has 0 aliphatic heterocycles. The van der Waals surface area contributed by atoms with Crippen molar-refractivity contribution in [1.82, 2.24) is 9.55 Å². The van der Waals surface area contributed by atoms with E-state index in [0.717, 1.165) is 4.47 Å². The van der Waals surface area contributed by atoms with E-state index in [1.807, 2.05) is 0 Å². The summed E-state index contributed by atoms with van der Waals surface area (Å²) < 4.78 is 6.69. The van der Waals surface area contributed by atoms with Crippen molar-refractivity contribution in [3.05, 3.63) is 63.1 Å². The van der Waals surface area contributed by atoms with E-state index >= 15 is 0 Å². The van der Waals surface area contributed by atoms with Gasteiger partial charge in [0.05, 0.1) is 30.0 Å². The van der Waals surface area contributed by atoms with Crippen LogP contribution in [0.25, 0.3) is 10.9 Å². The topological polar surface area (TPSA) is 111 Å². The Morgan fingerprint density at radius 2 is 2.07 bits per heavy atom. The lowest BCUT2D eigenvalue weighted by molar-refractivity contribution is -0.116. The molecule has 3 aromatic rings. The summed E-state index contributed by atoms with van der Waals surface area (Å²) in [6, 6.07) is 9.56. The molecule has 9 heteroatoms. The predicted octanol–water partition coefficient (Wildman–Crippen LogP) is 2.68. The van der Waals surface area contributed by atoms with Crippen LogP contribution in [0.1, 0.15) is 16.8 Å². The number of hydrogen-bond acceptors (Lipinski definition) is 6. The Balaban J connectivity index is 1.73. The molecule has 2 N–H and O–H groups in total. The molecule has 1 aromatic heterocycles. The van der Waals surface area contributed by atoms with E-state index in [1.165, 1.54) is 36.2 Å². The second-order valence-corrected chi connectivity index (χ2v) is 6.81. The second-order valence-electron chi connectivity index (χ2n) is 5.90. The standard InChI is InChI=1S/C19H16BrN3O5/c1-28-19(27)12-3-2-4-15(17(12)25)22-16(24)7-8-23-10-21-14-6-5-11(20)9-13(14)18(23)26/h2-6,9-10,25H,7-8H2,1H3,(H,22,24). The van der Waals surface area contributed by atoms with Crippen molar-refractivity contribution in [2.75, 3.05) is 12.4 Å². The number of benzene rings is 2. The number of aryl methyl sites for hydroxylation is 1. The van der Waals surface area contributed by atoms with Crippen LogP contribution in [-0.4, -0.2) is 33.6 Å². The van der Waals surface area contributed by atoms with Crippen LogP contribution < -0.4 is 10.9 Å². The summed E-state index contributed by atoms with van der Waals surface area (Å²) in [5.74, 6) is -1.52. The van der Waals surface area contributed by atoms with Crippen LogP contribution in [-0.2, 0) is 16.1 Å². The van der Waals surface area contributed by atoms with Crippen molar-refractivity contribution in [3.8, 4) is 5.75 Å². The number of nitrogens with one attached hydrogen (secondary N) is 1. The number of anilines is 1. The summed E-state index contributed by atoms with van der Waals surface area (Å²) in [7, 11) is 1.20. The normalized spacial score (nSPS) is 10.6. The number of rotatable bonds is 5. The van der Waals surface area contributed by atoms with Crippen molar-refractivity contribution in [3.63, 3.8) is 0 Å². The summed E-state index contributed by atoms with van der Waals surface area (Å²) in [6.45, 7) is 0.109. The van der Waals surface area contributed by atoms with Gasteiger partial charge in [0.15, 0.2) is 5.75 Å². The van der Waals surface area contributed by atoms with Gasteiger partial charge in [-0.2, -0.15) is 0 Å². The van der Waals surface area contributed by atoms with Crippen LogP contribution >= 0.6 is 15.9 Å². The van der Waals surface area contributed by atoms with Gasteiger partial charge in [-0.3, -0.25) is 14.2 Å². The van der Waals surface area contributed by atoms with Crippen LogP contribution in [0.4, 0.5) is 5.69 Å². The molecule has 28 heavy (non-hydrogen) atoms. The Morgan fingerprint density at radius 1 is 1.29 bits per heavy atom. The van der Waals surface area contributed by atoms with E-state index in [1.54, 1.807) is 18.2 Å². The minimum absolute atomic E-state index is 0.0248. The van der Waals surface area contributed by atoms with Gasteiger partial charge in [-0.1, -0.05) is 22.0 Å². The van der Waals surface area contributed by atoms with Gasteiger partial charge in [0.1, 0.15) is 5.56 Å². The van der Waals surface area contributed by atoms with Gasteiger partial charge in [0.25, 0.3) is 5.56 Å². The van der Waals surface area contributed by atoms with Gasteiger partial charge >= 0.3 is 5.97 Å². The molecular formula is C19H16BrN3O5. The average molecular weight is 446 g/mol. The molecule has 0 unspecified atom stereocenters. The number of hydrogen-bond donors (Lipinski definition) is 2. The fraction of sp³-hybridized carbons (Fsp3) is 0.158. The zero-order chi connectivity index (χ0) is 20.3. The Morgan fingerprint density at radius 3 is 2.82 bits per heavy atom. The monoisotopic (exact) mass is 445 g/mol. The molecule has 8 nitrogen and oxygen atoms in total. The van der Waals surface area contributed by atoms with E-state index in [2.05, 4.69) is 31.0 Å². The third-order valence-electron chi connectivity index (χ3n) is 4.08. The van der Waals surface area contributed by atoms with Gasteiger partial charge in [0, 0.05) is 17.4 Å². The minimum Gasteiger partial charge on any atom is -0.505 e. The molecule has 1 heterocycles. The molecule has 0 aliphatic rings. The molecule has 0 bridgehead atoms. The van der Waals surface area contributed by atoms with Crippen LogP contribution in [0, 0.1) is 0 Å². The highest BCUT2D eigenvalue weighted by Gasteiger charge is 2.16. The number of aromatic hydroxyl groups is 1. The first-order chi connectivity index (χ1) is 13.4. The highest BCUT2D eigenvalue weighted by atomic mass is 79.9. The number of aromatic nitrogens is 2. The maximum atomic E-state index is 12.5. The molecule has 0 fully saturated rings. The number of ether oxygens (including phenoxy) is 1. The van der Waals surface area contributed by atoms with Crippen LogP contribution in [0.15, 0.2) is 52.0 Å². The summed E-state index contributed by atoms with van der Waals surface area (Å²) in [4.78, 5) is 40.6. The molecule has 144 valence electrons. The number of esters is 1. The van der Waals surface area contributed by atoms with E-state index in [9.17, 15) is 19.5 Å². The zero-order valence-electron chi connectivity index (χ0n) is 14.8. The largest absolute Gasteiger partial charge is 0.505 e. The summed E-state index contributed by atoms with van der Waals surface area (Å²) >= 11 is 3.32. The highest BCUT2D eigenvalue weighted by Crippen LogP contribution is 2.28. The molecule has 0 aliphatic carbocycles. The fourth-order valence-electron chi connectivity index (χ4n) is 2.64. The quantitative estimate of drug-likeness (QED) is 0.461. The minimum atomic E-state index is -0.714. The van der Waals surface area contributed by atoms with Crippen LogP contribution in [0.5, 0.6) is 5.75 Å². The molecule has 1 amide bonds. The number of phenols is 1. The summed E-state index contributed by atoms with van der Waals surface area (Å²) in [5, 5.41) is 13.1. The number of nitrogens with zero attached hydrogens (tertiary/aromatic N) is 2. The number of fused-ring (bicyclic) bond motifs is 1. The zero-order valence-corrected chi connectivity index (χ0v) is 16.4. The second kappa shape index (κ2) is 8.22. The molecule has 2 aromatic carbocycles. The molecular weight excluding hydrogens is 430 g/mol. The van der Waals surface area contributed by atoms with Crippen molar-refractivity contribution >= 4 is 44.4 Å². The Hall–Kier alpha value is -3.20. The molecule has 0 radical (unpaired) electrons. The van der Waals surface area contributed by atoms with Gasteiger partial charge in [-0.15, -0.1) is 0 Å². The summed E-state index contributed by atoms with van der Waals surface area (Å²) in [5.41, 5.74) is 0.342. The predicted molar refractivity (Wildman–Crippen MR) is 106 cm³/mol. The fourth-order valence-corrected chi connectivity index (χ4v) is 3.01. The highest BCUT2D eigenvalue weighted by molar-refractivity contribution is 9.10. The summed E-state index contributed by atoms with van der Waals surface area (Å²) in [6.07, 6.45) is 1.37. The third kappa shape index (κ3) is 4.04. The van der Waals surface area contributed by atoms with Crippen molar-refractivity contribution in [1.29, 1.82) is 0 Å². The first-order valence-corrected chi connectivity index (χ1v) is 9.05. The molecule has 0 spiro atoms. The number of amides is 1. The first-order valence-electron chi connectivity index (χ1n) is 8.25. The Bertz CT molecular complexity index is 1130. The number of carbonyl (C=O) groups is 2. The lowest BCUT2D eigenvalue weighted by Crippen LogP contribution is -2.23. The van der Waals surface area contributed by atoms with Gasteiger partial charge in [-0.25, -0.2) is 9.78 Å². The number of carbonyl (C=O) groups excluding carboxylic acids is 2. The van der Waals surface area contributed by atoms with Gasteiger partial charge < -0.3 is 15.2 Å². The first kappa shape index (κ1) is 19.6. The van der Waals surface area contributed by atoms with E-state index in [4.69, 9.17) is 0 Å². The maximum Gasteiger partial charge on any atom is 0.341 e. The molecule has 0 saturated carbocycles. The Kier molecular flexibility index (Phi) is 5.74. The number of phenolic OH excluding ortho intramolecular Hbond substituents is 1. The van der Waals surface area contributed by atoms with Crippen molar-refractivity contribution < 1.29 is 19.4 Å². The SMILES string of the molecule is COC(=O)c1cccc(NC(=O)CCn2cnc3ccc(Br)cc3c2=O)c1O. The van der Waals surface area contributed by atoms with Crippen LogP contribution in [0.3, 0.4) is 0 Å². The molecule has 3 rings (SSSR count). The smallest absolute Gasteiger partial charge is 0.341 e.